The predicted octanol–water partition coefficient (Wildman–Crippen LogP) is 2.28. The van der Waals surface area contributed by atoms with Gasteiger partial charge in [-0.1, -0.05) is 25.1 Å². The molecule has 2 N–H and O–H groups in total. The van der Waals surface area contributed by atoms with Crippen LogP contribution in [0, 0.1) is 0 Å². The number of hydrogen-bond donors (Lipinski definition) is 2. The second-order valence-electron chi connectivity index (χ2n) is 3.12. The lowest BCUT2D eigenvalue weighted by Gasteiger charge is -2.15. The van der Waals surface area contributed by atoms with Crippen LogP contribution in [0.15, 0.2) is 35.2 Å². The van der Waals surface area contributed by atoms with E-state index in [4.69, 9.17) is 0 Å². The summed E-state index contributed by atoms with van der Waals surface area (Å²) >= 11 is 1.89. The maximum atomic E-state index is 3.23. The number of thioether (sulfide) groups is 1. The Morgan fingerprint density at radius 1 is 1.29 bits per heavy atom. The Morgan fingerprint density at radius 3 is 2.57 bits per heavy atom. The van der Waals surface area contributed by atoms with E-state index >= 15 is 0 Å². The Kier molecular flexibility index (Phi) is 5.68. The van der Waals surface area contributed by atoms with E-state index in [9.17, 15) is 0 Å². The molecule has 0 aliphatic heterocycles. The molecule has 0 amide bonds. The fourth-order valence-electron chi connectivity index (χ4n) is 1.18. The first-order valence-electron chi connectivity index (χ1n) is 4.97. The summed E-state index contributed by atoms with van der Waals surface area (Å²) in [4.78, 5) is 1.34. The molecule has 0 radical (unpaired) electrons. The second-order valence-corrected chi connectivity index (χ2v) is 4.22. The molecule has 0 heterocycles. The Bertz CT molecular complexity index is 238. The van der Waals surface area contributed by atoms with Crippen molar-refractivity contribution < 1.29 is 0 Å². The van der Waals surface area contributed by atoms with Crippen LogP contribution in [0.3, 0.4) is 0 Å². The van der Waals surface area contributed by atoms with Gasteiger partial charge in [0, 0.05) is 16.7 Å². The number of hydrazine groups is 1. The highest BCUT2D eigenvalue weighted by Crippen LogP contribution is 2.18. The van der Waals surface area contributed by atoms with Crippen molar-refractivity contribution in [1.82, 2.24) is 10.9 Å². The largest absolute Gasteiger partial charge is 0.261 e. The summed E-state index contributed by atoms with van der Waals surface area (Å²) in [7, 11) is 1.91. The van der Waals surface area contributed by atoms with Crippen molar-refractivity contribution >= 4 is 11.8 Å². The normalized spacial score (nSPS) is 12.7. The molecule has 78 valence electrons. The van der Waals surface area contributed by atoms with Crippen molar-refractivity contribution in [3.05, 3.63) is 30.3 Å². The van der Waals surface area contributed by atoms with Gasteiger partial charge in [-0.25, -0.2) is 0 Å². The lowest BCUT2D eigenvalue weighted by molar-refractivity contribution is 0.483. The van der Waals surface area contributed by atoms with Gasteiger partial charge in [0.25, 0.3) is 0 Å². The van der Waals surface area contributed by atoms with Crippen LogP contribution in [0.25, 0.3) is 0 Å². The second kappa shape index (κ2) is 6.87. The molecule has 0 bridgehead atoms. The summed E-state index contributed by atoms with van der Waals surface area (Å²) < 4.78 is 0. The SMILES string of the molecule is CCC(CSc1ccccc1)NNC. The monoisotopic (exact) mass is 210 g/mol. The third kappa shape index (κ3) is 4.13. The van der Waals surface area contributed by atoms with Gasteiger partial charge < -0.3 is 0 Å². The first kappa shape index (κ1) is 11.6. The minimum Gasteiger partial charge on any atom is -0.261 e. The lowest BCUT2D eigenvalue weighted by atomic mass is 10.3. The molecular formula is C11H18N2S. The predicted molar refractivity (Wildman–Crippen MR) is 63.4 cm³/mol. The third-order valence-electron chi connectivity index (χ3n) is 2.04. The summed E-state index contributed by atoms with van der Waals surface area (Å²) in [6, 6.07) is 11.0. The van der Waals surface area contributed by atoms with Gasteiger partial charge in [-0.15, -0.1) is 11.8 Å². The molecule has 0 spiro atoms. The van der Waals surface area contributed by atoms with Gasteiger partial charge in [0.05, 0.1) is 0 Å². The smallest absolute Gasteiger partial charge is 0.0304 e. The first-order chi connectivity index (χ1) is 6.86. The van der Waals surface area contributed by atoms with Gasteiger partial charge in [-0.05, 0) is 25.6 Å². The van der Waals surface area contributed by atoms with E-state index in [2.05, 4.69) is 42.0 Å². The zero-order valence-electron chi connectivity index (χ0n) is 8.79. The molecular weight excluding hydrogens is 192 g/mol. The van der Waals surface area contributed by atoms with E-state index in [0.29, 0.717) is 6.04 Å². The molecule has 3 heteroatoms. The summed E-state index contributed by atoms with van der Waals surface area (Å²) in [5.41, 5.74) is 6.22. The quantitative estimate of drug-likeness (QED) is 0.556. The highest BCUT2D eigenvalue weighted by atomic mass is 32.2. The van der Waals surface area contributed by atoms with Crippen molar-refractivity contribution in [1.29, 1.82) is 0 Å². The molecule has 1 unspecified atom stereocenters. The highest BCUT2D eigenvalue weighted by Gasteiger charge is 2.04. The summed E-state index contributed by atoms with van der Waals surface area (Å²) in [5, 5.41) is 0. The van der Waals surface area contributed by atoms with Crippen molar-refractivity contribution in [3.8, 4) is 0 Å². The van der Waals surface area contributed by atoms with Crippen LogP contribution in [0.2, 0.25) is 0 Å². The Hall–Kier alpha value is -0.510. The molecule has 0 saturated heterocycles. The average Bonchev–Trinajstić information content (AvgIpc) is 2.25. The Balaban J connectivity index is 2.32. The van der Waals surface area contributed by atoms with Crippen LogP contribution >= 0.6 is 11.8 Å². The van der Waals surface area contributed by atoms with Crippen LogP contribution < -0.4 is 10.9 Å². The molecule has 0 fully saturated rings. The van der Waals surface area contributed by atoms with Gasteiger partial charge in [-0.3, -0.25) is 10.9 Å². The van der Waals surface area contributed by atoms with Gasteiger partial charge in [-0.2, -0.15) is 0 Å². The molecule has 1 aromatic carbocycles. The number of hydrogen-bond acceptors (Lipinski definition) is 3. The van der Waals surface area contributed by atoms with Crippen LogP contribution in [0.5, 0.6) is 0 Å². The topological polar surface area (TPSA) is 24.1 Å². The Labute approximate surface area is 90.4 Å². The van der Waals surface area contributed by atoms with Crippen molar-refractivity contribution in [2.24, 2.45) is 0 Å². The number of nitrogens with one attached hydrogen (secondary N) is 2. The summed E-state index contributed by atoms with van der Waals surface area (Å²) in [5.74, 6) is 1.10. The van der Waals surface area contributed by atoms with E-state index in [1.54, 1.807) is 0 Å². The van der Waals surface area contributed by atoms with E-state index in [0.717, 1.165) is 12.2 Å². The van der Waals surface area contributed by atoms with Crippen LogP contribution in [-0.4, -0.2) is 18.8 Å². The number of benzene rings is 1. The third-order valence-corrected chi connectivity index (χ3v) is 3.21. The zero-order valence-corrected chi connectivity index (χ0v) is 9.60. The van der Waals surface area contributed by atoms with Crippen molar-refractivity contribution in [2.75, 3.05) is 12.8 Å². The minimum atomic E-state index is 0.533. The van der Waals surface area contributed by atoms with E-state index in [1.807, 2.05) is 24.9 Å². The molecule has 0 saturated carbocycles. The van der Waals surface area contributed by atoms with Crippen molar-refractivity contribution in [2.45, 2.75) is 24.3 Å². The van der Waals surface area contributed by atoms with Crippen LogP contribution in [0.1, 0.15) is 13.3 Å². The molecule has 1 atom stereocenters. The van der Waals surface area contributed by atoms with E-state index in [1.165, 1.54) is 4.90 Å². The fourth-order valence-corrected chi connectivity index (χ4v) is 2.24. The lowest BCUT2D eigenvalue weighted by Crippen LogP contribution is -2.39. The highest BCUT2D eigenvalue weighted by molar-refractivity contribution is 7.99. The molecule has 1 rings (SSSR count). The van der Waals surface area contributed by atoms with E-state index < -0.39 is 0 Å². The molecule has 14 heavy (non-hydrogen) atoms. The van der Waals surface area contributed by atoms with Crippen molar-refractivity contribution in [3.63, 3.8) is 0 Å². The average molecular weight is 210 g/mol. The number of rotatable bonds is 6. The molecule has 0 aromatic heterocycles. The van der Waals surface area contributed by atoms with Gasteiger partial charge in [0.1, 0.15) is 0 Å². The molecule has 0 aliphatic carbocycles. The summed E-state index contributed by atoms with van der Waals surface area (Å²) in [6.07, 6.45) is 1.14. The maximum Gasteiger partial charge on any atom is 0.0304 e. The van der Waals surface area contributed by atoms with Gasteiger partial charge in [0.15, 0.2) is 0 Å². The molecule has 1 aromatic rings. The maximum absolute atomic E-state index is 3.23. The minimum absolute atomic E-state index is 0.533. The van der Waals surface area contributed by atoms with Gasteiger partial charge >= 0.3 is 0 Å². The Morgan fingerprint density at radius 2 is 2.00 bits per heavy atom. The summed E-state index contributed by atoms with van der Waals surface area (Å²) in [6.45, 7) is 2.19. The van der Waals surface area contributed by atoms with Gasteiger partial charge in [0.2, 0.25) is 0 Å². The fraction of sp³-hybridized carbons (Fsp3) is 0.455. The van der Waals surface area contributed by atoms with Crippen LogP contribution in [-0.2, 0) is 0 Å². The molecule has 2 nitrogen and oxygen atoms in total. The standard InChI is InChI=1S/C11H18N2S/c1-3-10(13-12-2)9-14-11-7-5-4-6-8-11/h4-8,10,12-13H,3,9H2,1-2H3. The van der Waals surface area contributed by atoms with E-state index in [-0.39, 0.29) is 0 Å². The van der Waals surface area contributed by atoms with Crippen LogP contribution in [0.4, 0.5) is 0 Å². The molecule has 0 aliphatic rings. The first-order valence-corrected chi connectivity index (χ1v) is 5.95. The zero-order chi connectivity index (χ0) is 10.2.